The van der Waals surface area contributed by atoms with Crippen LogP contribution >= 0.6 is 0 Å². The SMILES string of the molecule is CN(C)c1ccc(C(=O)NCC#Cc2ccc(N3CCOC3=O)cc2)cc1. The lowest BCUT2D eigenvalue weighted by Crippen LogP contribution is -2.23. The van der Waals surface area contributed by atoms with Crippen LogP contribution in [-0.2, 0) is 4.74 Å². The normalized spacial score (nSPS) is 12.8. The van der Waals surface area contributed by atoms with Crippen molar-refractivity contribution in [2.24, 2.45) is 0 Å². The van der Waals surface area contributed by atoms with Crippen LogP contribution < -0.4 is 15.1 Å². The molecule has 2 aromatic carbocycles. The number of hydrogen-bond donors (Lipinski definition) is 1. The number of carbonyl (C=O) groups excluding carboxylic acids is 2. The van der Waals surface area contributed by atoms with Crippen LogP contribution in [0, 0.1) is 11.8 Å². The van der Waals surface area contributed by atoms with E-state index in [1.54, 1.807) is 17.0 Å². The van der Waals surface area contributed by atoms with Crippen LogP contribution in [0.1, 0.15) is 15.9 Å². The highest BCUT2D eigenvalue weighted by Gasteiger charge is 2.23. The second-order valence-electron chi connectivity index (χ2n) is 6.24. The summed E-state index contributed by atoms with van der Waals surface area (Å²) in [6, 6.07) is 14.7. The number of ether oxygens (including phenoxy) is 1. The van der Waals surface area contributed by atoms with Gasteiger partial charge in [0.15, 0.2) is 0 Å². The summed E-state index contributed by atoms with van der Waals surface area (Å²) in [5.41, 5.74) is 3.25. The fourth-order valence-electron chi connectivity index (χ4n) is 2.64. The van der Waals surface area contributed by atoms with E-state index < -0.39 is 0 Å². The van der Waals surface area contributed by atoms with Crippen molar-refractivity contribution in [3.05, 3.63) is 59.7 Å². The Morgan fingerprint density at radius 3 is 2.44 bits per heavy atom. The standard InChI is InChI=1S/C21H21N3O3/c1-23(2)18-11-7-17(8-12-18)20(25)22-13-3-4-16-5-9-19(10-6-16)24-14-15-27-21(24)26/h5-12H,13-15H2,1-2H3,(H,22,25). The number of nitrogens with zero attached hydrogens (tertiary/aromatic N) is 2. The number of benzene rings is 2. The van der Waals surface area contributed by atoms with E-state index in [1.807, 2.05) is 55.4 Å². The molecule has 0 spiro atoms. The smallest absolute Gasteiger partial charge is 0.414 e. The number of nitrogens with one attached hydrogen (secondary N) is 1. The molecule has 3 rings (SSSR count). The second-order valence-corrected chi connectivity index (χ2v) is 6.24. The van der Waals surface area contributed by atoms with Gasteiger partial charge < -0.3 is 15.0 Å². The van der Waals surface area contributed by atoms with Gasteiger partial charge in [-0.05, 0) is 48.5 Å². The third-order valence-electron chi connectivity index (χ3n) is 4.16. The van der Waals surface area contributed by atoms with E-state index in [1.165, 1.54) is 0 Å². The molecule has 2 amide bonds. The minimum Gasteiger partial charge on any atom is -0.447 e. The maximum Gasteiger partial charge on any atom is 0.414 e. The summed E-state index contributed by atoms with van der Waals surface area (Å²) in [6.07, 6.45) is -0.324. The highest BCUT2D eigenvalue weighted by molar-refractivity contribution is 5.94. The average molecular weight is 363 g/mol. The molecule has 0 aromatic heterocycles. The molecule has 1 saturated heterocycles. The molecule has 1 fully saturated rings. The largest absolute Gasteiger partial charge is 0.447 e. The van der Waals surface area contributed by atoms with Gasteiger partial charge in [-0.3, -0.25) is 9.69 Å². The molecule has 6 heteroatoms. The lowest BCUT2D eigenvalue weighted by Gasteiger charge is -2.12. The molecule has 1 aliphatic rings. The molecule has 0 atom stereocenters. The van der Waals surface area contributed by atoms with E-state index in [9.17, 15) is 9.59 Å². The van der Waals surface area contributed by atoms with Crippen LogP contribution in [0.5, 0.6) is 0 Å². The topological polar surface area (TPSA) is 61.9 Å². The van der Waals surface area contributed by atoms with E-state index in [-0.39, 0.29) is 18.5 Å². The van der Waals surface area contributed by atoms with E-state index in [0.29, 0.717) is 18.7 Å². The van der Waals surface area contributed by atoms with Gasteiger partial charge in [-0.1, -0.05) is 11.8 Å². The van der Waals surface area contributed by atoms with Crippen molar-refractivity contribution >= 4 is 23.4 Å². The Morgan fingerprint density at radius 1 is 1.15 bits per heavy atom. The first kappa shape index (κ1) is 18.3. The third kappa shape index (κ3) is 4.59. The van der Waals surface area contributed by atoms with Gasteiger partial charge in [-0.15, -0.1) is 0 Å². The first-order valence-corrected chi connectivity index (χ1v) is 8.63. The zero-order valence-corrected chi connectivity index (χ0v) is 15.4. The van der Waals surface area contributed by atoms with Crippen molar-refractivity contribution < 1.29 is 14.3 Å². The summed E-state index contributed by atoms with van der Waals surface area (Å²) in [6.45, 7) is 1.23. The monoisotopic (exact) mass is 363 g/mol. The van der Waals surface area contributed by atoms with Gasteiger partial charge in [-0.25, -0.2) is 4.79 Å². The number of anilines is 2. The molecule has 6 nitrogen and oxygen atoms in total. The highest BCUT2D eigenvalue weighted by Crippen LogP contribution is 2.18. The summed E-state index contributed by atoms with van der Waals surface area (Å²) >= 11 is 0. The van der Waals surface area contributed by atoms with Crippen molar-refractivity contribution in [2.75, 3.05) is 43.6 Å². The Kier molecular flexibility index (Phi) is 5.62. The first-order valence-electron chi connectivity index (χ1n) is 8.63. The molecule has 0 unspecified atom stereocenters. The van der Waals surface area contributed by atoms with Crippen LogP contribution in [-0.4, -0.2) is 45.8 Å². The Morgan fingerprint density at radius 2 is 1.85 bits per heavy atom. The maximum atomic E-state index is 12.1. The van der Waals surface area contributed by atoms with Gasteiger partial charge in [0.25, 0.3) is 5.91 Å². The number of cyclic esters (lactones) is 1. The van der Waals surface area contributed by atoms with Gasteiger partial charge in [0.05, 0.1) is 13.1 Å². The lowest BCUT2D eigenvalue weighted by molar-refractivity contribution is 0.0958. The number of carbonyl (C=O) groups is 2. The molecule has 0 aliphatic carbocycles. The van der Waals surface area contributed by atoms with Gasteiger partial charge in [0.1, 0.15) is 6.61 Å². The van der Waals surface area contributed by atoms with Crippen LogP contribution in [0.25, 0.3) is 0 Å². The van der Waals surface area contributed by atoms with Crippen molar-refractivity contribution in [2.45, 2.75) is 0 Å². The second kappa shape index (κ2) is 8.28. The summed E-state index contributed by atoms with van der Waals surface area (Å²) < 4.78 is 4.92. The first-order chi connectivity index (χ1) is 13.0. The molecule has 1 heterocycles. The van der Waals surface area contributed by atoms with Crippen molar-refractivity contribution in [3.8, 4) is 11.8 Å². The zero-order valence-electron chi connectivity index (χ0n) is 15.4. The van der Waals surface area contributed by atoms with Gasteiger partial charge in [0, 0.05) is 36.6 Å². The molecule has 1 N–H and O–H groups in total. The summed E-state index contributed by atoms with van der Waals surface area (Å²) in [7, 11) is 3.90. The highest BCUT2D eigenvalue weighted by atomic mass is 16.6. The van der Waals surface area contributed by atoms with Gasteiger partial charge in [0.2, 0.25) is 0 Å². The van der Waals surface area contributed by atoms with E-state index >= 15 is 0 Å². The molecule has 1 aliphatic heterocycles. The van der Waals surface area contributed by atoms with E-state index in [2.05, 4.69) is 17.2 Å². The van der Waals surface area contributed by atoms with Crippen LogP contribution in [0.2, 0.25) is 0 Å². The minimum absolute atomic E-state index is 0.155. The zero-order chi connectivity index (χ0) is 19.2. The van der Waals surface area contributed by atoms with E-state index in [0.717, 1.165) is 16.9 Å². The van der Waals surface area contributed by atoms with Crippen molar-refractivity contribution in [3.63, 3.8) is 0 Å². The van der Waals surface area contributed by atoms with Crippen molar-refractivity contribution in [1.29, 1.82) is 0 Å². The quantitative estimate of drug-likeness (QED) is 0.848. The van der Waals surface area contributed by atoms with Crippen LogP contribution in [0.4, 0.5) is 16.2 Å². The fourth-order valence-corrected chi connectivity index (χ4v) is 2.64. The molecular formula is C21H21N3O3. The van der Waals surface area contributed by atoms with Crippen LogP contribution in [0.3, 0.4) is 0 Å². The number of hydrogen-bond acceptors (Lipinski definition) is 4. The summed E-state index contributed by atoms with van der Waals surface area (Å²) in [5.74, 6) is 5.78. The Labute approximate surface area is 158 Å². The molecule has 0 saturated carbocycles. The molecule has 138 valence electrons. The minimum atomic E-state index is -0.324. The van der Waals surface area contributed by atoms with Crippen LogP contribution in [0.15, 0.2) is 48.5 Å². The fraction of sp³-hybridized carbons (Fsp3) is 0.238. The number of rotatable bonds is 4. The Bertz CT molecular complexity index is 878. The molecular weight excluding hydrogens is 342 g/mol. The predicted molar refractivity (Wildman–Crippen MR) is 105 cm³/mol. The molecule has 0 radical (unpaired) electrons. The maximum absolute atomic E-state index is 12.1. The number of amides is 2. The predicted octanol–water partition coefficient (Wildman–Crippen LogP) is 2.49. The molecule has 0 bridgehead atoms. The molecule has 27 heavy (non-hydrogen) atoms. The molecule has 2 aromatic rings. The van der Waals surface area contributed by atoms with Crippen molar-refractivity contribution in [1.82, 2.24) is 5.32 Å². The van der Waals surface area contributed by atoms with E-state index in [4.69, 9.17) is 4.74 Å². The van der Waals surface area contributed by atoms with Gasteiger partial charge >= 0.3 is 6.09 Å². The summed E-state index contributed by atoms with van der Waals surface area (Å²) in [5, 5.41) is 2.78. The lowest BCUT2D eigenvalue weighted by atomic mass is 10.2. The average Bonchev–Trinajstić information content (AvgIpc) is 3.11. The Hall–Kier alpha value is -3.46. The van der Waals surface area contributed by atoms with Gasteiger partial charge in [-0.2, -0.15) is 0 Å². The summed E-state index contributed by atoms with van der Waals surface area (Å²) in [4.78, 5) is 27.2. The Balaban J connectivity index is 1.52. The third-order valence-corrected chi connectivity index (χ3v) is 4.16.